The van der Waals surface area contributed by atoms with Crippen LogP contribution in [0.2, 0.25) is 0 Å². The Morgan fingerprint density at radius 3 is 2.19 bits per heavy atom. The summed E-state index contributed by atoms with van der Waals surface area (Å²) in [4.78, 5) is 0. The van der Waals surface area contributed by atoms with Gasteiger partial charge in [0, 0.05) is 0 Å². The highest BCUT2D eigenvalue weighted by molar-refractivity contribution is 6.76. The molecule has 1 nitrogen and oxygen atoms in total. The zero-order valence-corrected chi connectivity index (χ0v) is 8.12. The predicted molar refractivity (Wildman–Crippen MR) is 57.4 cm³/mol. The van der Waals surface area contributed by atoms with Crippen molar-refractivity contribution in [2.24, 2.45) is 0 Å². The highest BCUT2D eigenvalue weighted by atomic mass is 19.4. The van der Waals surface area contributed by atoms with E-state index in [-0.39, 0.29) is 10.9 Å². The average Bonchev–Trinajstić information content (AvgIpc) is 2.26. The molecule has 0 aliphatic rings. The standard InChI is InChI=1S/C11H6BF3N/c13-12(14,15)10-6-2-4-8-3-1-5-9(7-16)11(8)10/h1-6H/q-1. The lowest BCUT2D eigenvalue weighted by molar-refractivity contribution is 0.501. The van der Waals surface area contributed by atoms with Crippen LogP contribution in [0.5, 0.6) is 0 Å². The van der Waals surface area contributed by atoms with E-state index >= 15 is 0 Å². The molecule has 0 amide bonds. The third-order valence-corrected chi connectivity index (χ3v) is 2.41. The summed E-state index contributed by atoms with van der Waals surface area (Å²) in [5.74, 6) is 0. The minimum absolute atomic E-state index is 0.000000000000000222. The fourth-order valence-corrected chi connectivity index (χ4v) is 1.74. The molecular formula is C11H6BF3N-. The van der Waals surface area contributed by atoms with Crippen molar-refractivity contribution in [3.05, 3.63) is 42.0 Å². The van der Waals surface area contributed by atoms with Crippen LogP contribution in [0.4, 0.5) is 12.9 Å². The number of nitriles is 1. The summed E-state index contributed by atoms with van der Waals surface area (Å²) in [5.41, 5.74) is -0.637. The van der Waals surface area contributed by atoms with Crippen molar-refractivity contribution in [2.75, 3.05) is 0 Å². The SMILES string of the molecule is N#Cc1cccc2cccc([B-](F)(F)F)c12. The molecule has 0 aromatic heterocycles. The van der Waals surface area contributed by atoms with Crippen LogP contribution in [0.25, 0.3) is 10.8 Å². The fraction of sp³-hybridized carbons (Fsp3) is 0. The second-order valence-corrected chi connectivity index (χ2v) is 3.44. The topological polar surface area (TPSA) is 23.8 Å². The van der Waals surface area contributed by atoms with E-state index in [2.05, 4.69) is 0 Å². The summed E-state index contributed by atoms with van der Waals surface area (Å²) >= 11 is 0. The largest absolute Gasteiger partial charge is 0.510 e. The van der Waals surface area contributed by atoms with Crippen LogP contribution in [0.1, 0.15) is 5.56 Å². The van der Waals surface area contributed by atoms with Crippen LogP contribution in [0.3, 0.4) is 0 Å². The Labute approximate surface area is 90.2 Å². The van der Waals surface area contributed by atoms with E-state index in [1.165, 1.54) is 12.1 Å². The number of hydrogen-bond donors (Lipinski definition) is 0. The molecule has 0 heterocycles. The first-order valence-electron chi connectivity index (χ1n) is 4.65. The zero-order valence-electron chi connectivity index (χ0n) is 8.12. The molecule has 0 bridgehead atoms. The molecule has 0 spiro atoms. The van der Waals surface area contributed by atoms with Gasteiger partial charge in [-0.05, 0) is 16.8 Å². The second kappa shape index (κ2) is 3.56. The number of fused-ring (bicyclic) bond motifs is 1. The number of benzene rings is 2. The molecule has 2 aromatic rings. The van der Waals surface area contributed by atoms with Gasteiger partial charge in [0.1, 0.15) is 0 Å². The number of rotatable bonds is 1. The van der Waals surface area contributed by atoms with Gasteiger partial charge in [0.2, 0.25) is 0 Å². The van der Waals surface area contributed by atoms with Gasteiger partial charge in [-0.2, -0.15) is 5.26 Å². The van der Waals surface area contributed by atoms with E-state index in [1.54, 1.807) is 24.3 Å². The lowest BCUT2D eigenvalue weighted by atomic mass is 9.76. The summed E-state index contributed by atoms with van der Waals surface area (Å²) < 4.78 is 38.4. The number of halogens is 3. The average molecular weight is 220 g/mol. The third kappa shape index (κ3) is 1.63. The van der Waals surface area contributed by atoms with E-state index in [4.69, 9.17) is 5.26 Å². The van der Waals surface area contributed by atoms with Gasteiger partial charge in [0.15, 0.2) is 0 Å². The summed E-state index contributed by atoms with van der Waals surface area (Å²) in [6.45, 7) is -5.09. The van der Waals surface area contributed by atoms with Crippen molar-refractivity contribution in [3.63, 3.8) is 0 Å². The van der Waals surface area contributed by atoms with Crippen molar-refractivity contribution in [2.45, 2.75) is 0 Å². The minimum atomic E-state index is -5.09. The van der Waals surface area contributed by atoms with Crippen LogP contribution in [-0.2, 0) is 0 Å². The molecule has 16 heavy (non-hydrogen) atoms. The molecule has 0 aliphatic carbocycles. The Morgan fingerprint density at radius 2 is 1.62 bits per heavy atom. The van der Waals surface area contributed by atoms with Gasteiger partial charge in [-0.15, -0.1) is 0 Å². The normalized spacial score (nSPS) is 11.4. The quantitative estimate of drug-likeness (QED) is 0.677. The molecule has 0 atom stereocenters. The maximum Gasteiger partial charge on any atom is 0.510 e. The van der Waals surface area contributed by atoms with Crippen molar-refractivity contribution in [3.8, 4) is 6.07 Å². The maximum atomic E-state index is 12.8. The van der Waals surface area contributed by atoms with Crippen molar-refractivity contribution < 1.29 is 12.9 Å². The van der Waals surface area contributed by atoms with Crippen LogP contribution in [0.15, 0.2) is 36.4 Å². The first-order valence-corrected chi connectivity index (χ1v) is 4.65. The van der Waals surface area contributed by atoms with Crippen molar-refractivity contribution in [1.82, 2.24) is 0 Å². The Bertz CT molecular complexity index is 579. The first kappa shape index (κ1) is 10.6. The van der Waals surface area contributed by atoms with Crippen molar-refractivity contribution >= 4 is 23.2 Å². The van der Waals surface area contributed by atoms with Gasteiger partial charge in [-0.1, -0.05) is 35.8 Å². The van der Waals surface area contributed by atoms with E-state index in [1.807, 2.05) is 0 Å². The molecule has 5 heteroatoms. The molecule has 0 saturated carbocycles. The predicted octanol–water partition coefficient (Wildman–Crippen LogP) is 2.77. The number of nitrogens with zero attached hydrogens (tertiary/aromatic N) is 1. The van der Waals surface area contributed by atoms with E-state index in [0.29, 0.717) is 5.39 Å². The monoisotopic (exact) mass is 220 g/mol. The molecule has 2 rings (SSSR count). The van der Waals surface area contributed by atoms with Gasteiger partial charge in [-0.3, -0.25) is 0 Å². The highest BCUT2D eigenvalue weighted by Crippen LogP contribution is 2.21. The molecule has 0 N–H and O–H groups in total. The highest BCUT2D eigenvalue weighted by Gasteiger charge is 2.28. The van der Waals surface area contributed by atoms with Gasteiger partial charge in [0.05, 0.1) is 11.6 Å². The Morgan fingerprint density at radius 1 is 1.00 bits per heavy atom. The van der Waals surface area contributed by atoms with Crippen LogP contribution in [0, 0.1) is 11.3 Å². The van der Waals surface area contributed by atoms with Crippen LogP contribution in [-0.4, -0.2) is 6.98 Å². The minimum Gasteiger partial charge on any atom is -0.445 e. The van der Waals surface area contributed by atoms with Crippen LogP contribution < -0.4 is 5.46 Å². The molecule has 0 radical (unpaired) electrons. The Kier molecular flexibility index (Phi) is 2.35. The van der Waals surface area contributed by atoms with Gasteiger partial charge in [-0.25, -0.2) is 0 Å². The van der Waals surface area contributed by atoms with E-state index in [0.717, 1.165) is 6.07 Å². The smallest absolute Gasteiger partial charge is 0.445 e. The lowest BCUT2D eigenvalue weighted by Crippen LogP contribution is -2.34. The molecule has 80 valence electrons. The summed E-state index contributed by atoms with van der Waals surface area (Å²) in [6, 6.07) is 10.3. The first-order chi connectivity index (χ1) is 7.54. The van der Waals surface area contributed by atoms with E-state index < -0.39 is 12.4 Å². The van der Waals surface area contributed by atoms with Crippen LogP contribution >= 0.6 is 0 Å². The summed E-state index contributed by atoms with van der Waals surface area (Å²) in [6.07, 6.45) is 0. The molecule has 0 saturated heterocycles. The Balaban J connectivity index is 2.91. The summed E-state index contributed by atoms with van der Waals surface area (Å²) in [5, 5.41) is 9.26. The van der Waals surface area contributed by atoms with E-state index in [9.17, 15) is 12.9 Å². The third-order valence-electron chi connectivity index (χ3n) is 2.41. The Hall–Kier alpha value is -1.96. The van der Waals surface area contributed by atoms with Gasteiger partial charge in [0.25, 0.3) is 0 Å². The maximum absolute atomic E-state index is 12.8. The molecule has 2 aromatic carbocycles. The fourth-order valence-electron chi connectivity index (χ4n) is 1.74. The lowest BCUT2D eigenvalue weighted by Gasteiger charge is -2.18. The van der Waals surface area contributed by atoms with Gasteiger partial charge < -0.3 is 12.9 Å². The van der Waals surface area contributed by atoms with Crippen molar-refractivity contribution in [1.29, 1.82) is 5.26 Å². The second-order valence-electron chi connectivity index (χ2n) is 3.44. The van der Waals surface area contributed by atoms with Gasteiger partial charge >= 0.3 is 6.98 Å². The molecule has 0 unspecified atom stereocenters. The summed E-state index contributed by atoms with van der Waals surface area (Å²) in [7, 11) is 0. The zero-order chi connectivity index (χ0) is 11.8. The molecule has 0 aliphatic heterocycles. The molecule has 0 fully saturated rings. The molecular weight excluding hydrogens is 214 g/mol. The number of hydrogen-bond acceptors (Lipinski definition) is 1.